The summed E-state index contributed by atoms with van der Waals surface area (Å²) >= 11 is 0. The molecule has 0 fully saturated rings. The number of rotatable bonds is 3. The van der Waals surface area contributed by atoms with Gasteiger partial charge in [0.05, 0.1) is 0 Å². The first-order chi connectivity index (χ1) is 6.54. The molecule has 0 spiro atoms. The van der Waals surface area contributed by atoms with Gasteiger partial charge in [-0.25, -0.2) is 9.97 Å². The molecular weight excluding hydrogens is 176 g/mol. The molecule has 1 rings (SSSR count). The molecule has 78 valence electrons. The molecule has 0 amide bonds. The van der Waals surface area contributed by atoms with Crippen molar-refractivity contribution in [2.75, 3.05) is 12.8 Å². The van der Waals surface area contributed by atoms with Crippen LogP contribution in [0.1, 0.15) is 32.4 Å². The zero-order chi connectivity index (χ0) is 10.7. The molecular formula is C10H18N4. The lowest BCUT2D eigenvalue weighted by atomic mass is 10.1. The summed E-state index contributed by atoms with van der Waals surface area (Å²) in [5.41, 5.74) is 6.77. The van der Waals surface area contributed by atoms with Crippen LogP contribution in [0.4, 0.5) is 5.82 Å². The molecule has 0 saturated heterocycles. The number of hydrogen-bond acceptors (Lipinski definition) is 4. The average Bonchev–Trinajstić information content (AvgIpc) is 2.16. The third kappa shape index (κ3) is 2.20. The van der Waals surface area contributed by atoms with Gasteiger partial charge in [-0.05, 0) is 27.8 Å². The second-order valence-corrected chi connectivity index (χ2v) is 3.80. The molecule has 0 aliphatic heterocycles. The van der Waals surface area contributed by atoms with E-state index in [1.54, 1.807) is 6.20 Å². The topological polar surface area (TPSA) is 55.0 Å². The van der Waals surface area contributed by atoms with Gasteiger partial charge in [0.2, 0.25) is 0 Å². The first-order valence-electron chi connectivity index (χ1n) is 4.81. The Kier molecular flexibility index (Phi) is 3.41. The van der Waals surface area contributed by atoms with Crippen molar-refractivity contribution in [3.8, 4) is 0 Å². The Bertz CT molecular complexity index is 298. The van der Waals surface area contributed by atoms with Gasteiger partial charge in [0, 0.05) is 23.8 Å². The first-order valence-corrected chi connectivity index (χ1v) is 4.81. The van der Waals surface area contributed by atoms with Gasteiger partial charge in [0.15, 0.2) is 0 Å². The second kappa shape index (κ2) is 4.37. The average molecular weight is 194 g/mol. The molecule has 4 heteroatoms. The summed E-state index contributed by atoms with van der Waals surface area (Å²) in [4.78, 5) is 10.2. The lowest BCUT2D eigenvalue weighted by Crippen LogP contribution is -2.30. The molecule has 0 aliphatic rings. The van der Waals surface area contributed by atoms with E-state index in [2.05, 4.69) is 42.7 Å². The maximum Gasteiger partial charge on any atom is 0.131 e. The minimum absolute atomic E-state index is 0.246. The van der Waals surface area contributed by atoms with Gasteiger partial charge in [-0.1, -0.05) is 0 Å². The van der Waals surface area contributed by atoms with Crippen LogP contribution in [0.5, 0.6) is 0 Å². The second-order valence-electron chi connectivity index (χ2n) is 3.80. The molecule has 14 heavy (non-hydrogen) atoms. The molecule has 0 aromatic carbocycles. The number of nitrogens with two attached hydrogens (primary N) is 1. The van der Waals surface area contributed by atoms with E-state index in [1.165, 1.54) is 6.33 Å². The van der Waals surface area contributed by atoms with E-state index >= 15 is 0 Å². The van der Waals surface area contributed by atoms with Crippen LogP contribution in [0, 0.1) is 0 Å². The van der Waals surface area contributed by atoms with Crippen LogP contribution in [-0.4, -0.2) is 28.0 Å². The summed E-state index contributed by atoms with van der Waals surface area (Å²) in [5, 5.41) is 0. The summed E-state index contributed by atoms with van der Waals surface area (Å²) in [5.74, 6) is 0.569. The lowest BCUT2D eigenvalue weighted by Gasteiger charge is -2.28. The summed E-state index contributed by atoms with van der Waals surface area (Å²) in [6.07, 6.45) is 3.26. The number of hydrogen-bond donors (Lipinski definition) is 1. The molecule has 1 aromatic rings. The molecule has 1 unspecified atom stereocenters. The normalized spacial score (nSPS) is 13.6. The van der Waals surface area contributed by atoms with Crippen molar-refractivity contribution in [1.29, 1.82) is 0 Å². The van der Waals surface area contributed by atoms with Gasteiger partial charge in [0.25, 0.3) is 0 Å². The molecule has 2 N–H and O–H groups in total. The van der Waals surface area contributed by atoms with E-state index in [1.807, 2.05) is 0 Å². The highest BCUT2D eigenvalue weighted by molar-refractivity contribution is 5.38. The van der Waals surface area contributed by atoms with Crippen LogP contribution in [0.25, 0.3) is 0 Å². The van der Waals surface area contributed by atoms with Crippen LogP contribution in [0.15, 0.2) is 12.5 Å². The number of aromatic nitrogens is 2. The zero-order valence-corrected chi connectivity index (χ0v) is 9.23. The van der Waals surface area contributed by atoms with E-state index in [0.717, 1.165) is 5.56 Å². The Morgan fingerprint density at radius 2 is 2.00 bits per heavy atom. The van der Waals surface area contributed by atoms with Crippen molar-refractivity contribution >= 4 is 5.82 Å². The van der Waals surface area contributed by atoms with Crippen LogP contribution in [0.3, 0.4) is 0 Å². The number of nitrogens with zero attached hydrogens (tertiary/aromatic N) is 3. The molecule has 1 atom stereocenters. The fourth-order valence-corrected chi connectivity index (χ4v) is 1.34. The Morgan fingerprint density at radius 3 is 2.50 bits per heavy atom. The maximum atomic E-state index is 5.78. The van der Waals surface area contributed by atoms with E-state index in [4.69, 9.17) is 5.73 Å². The third-order valence-corrected chi connectivity index (χ3v) is 2.65. The molecule has 4 nitrogen and oxygen atoms in total. The Labute approximate surface area is 85.2 Å². The third-order valence-electron chi connectivity index (χ3n) is 2.65. The Morgan fingerprint density at radius 1 is 1.36 bits per heavy atom. The fourth-order valence-electron chi connectivity index (χ4n) is 1.34. The molecule has 0 radical (unpaired) electrons. The van der Waals surface area contributed by atoms with E-state index < -0.39 is 0 Å². The van der Waals surface area contributed by atoms with Gasteiger partial charge in [-0.15, -0.1) is 0 Å². The Hall–Kier alpha value is -1.16. The summed E-state index contributed by atoms with van der Waals surface area (Å²) < 4.78 is 0. The highest BCUT2D eigenvalue weighted by atomic mass is 15.1. The Balaban J connectivity index is 2.89. The molecule has 0 bridgehead atoms. The van der Waals surface area contributed by atoms with Gasteiger partial charge in [-0.2, -0.15) is 0 Å². The van der Waals surface area contributed by atoms with Crippen molar-refractivity contribution < 1.29 is 0 Å². The summed E-state index contributed by atoms with van der Waals surface area (Å²) in [6, 6.07) is 0.723. The van der Waals surface area contributed by atoms with E-state index in [0.29, 0.717) is 11.9 Å². The summed E-state index contributed by atoms with van der Waals surface area (Å²) in [6.45, 7) is 6.40. The van der Waals surface area contributed by atoms with Gasteiger partial charge in [-0.3, -0.25) is 4.90 Å². The van der Waals surface area contributed by atoms with Crippen LogP contribution < -0.4 is 5.73 Å². The van der Waals surface area contributed by atoms with Crippen LogP contribution >= 0.6 is 0 Å². The smallest absolute Gasteiger partial charge is 0.131 e. The highest BCUT2D eigenvalue weighted by Crippen LogP contribution is 2.22. The molecule has 0 saturated carbocycles. The predicted molar refractivity (Wildman–Crippen MR) is 57.8 cm³/mol. The summed E-state index contributed by atoms with van der Waals surface area (Å²) in [7, 11) is 2.07. The van der Waals surface area contributed by atoms with Crippen molar-refractivity contribution in [3.05, 3.63) is 18.1 Å². The fraction of sp³-hybridized carbons (Fsp3) is 0.600. The van der Waals surface area contributed by atoms with Gasteiger partial charge < -0.3 is 5.73 Å². The number of anilines is 1. The van der Waals surface area contributed by atoms with Crippen LogP contribution in [-0.2, 0) is 0 Å². The highest BCUT2D eigenvalue weighted by Gasteiger charge is 2.16. The largest absolute Gasteiger partial charge is 0.383 e. The zero-order valence-electron chi connectivity index (χ0n) is 9.23. The standard InChI is InChI=1S/C10H18N4/c1-7(2)14(4)8(3)9-5-12-6-13-10(9)11/h5-8H,1-4H3,(H2,11,12,13). The van der Waals surface area contributed by atoms with Crippen molar-refractivity contribution in [2.45, 2.75) is 32.9 Å². The van der Waals surface area contributed by atoms with Crippen LogP contribution in [0.2, 0.25) is 0 Å². The lowest BCUT2D eigenvalue weighted by molar-refractivity contribution is 0.210. The van der Waals surface area contributed by atoms with Gasteiger partial charge >= 0.3 is 0 Å². The number of nitrogen functional groups attached to an aromatic ring is 1. The minimum Gasteiger partial charge on any atom is -0.383 e. The minimum atomic E-state index is 0.246. The SMILES string of the molecule is CC(C)N(C)C(C)c1cncnc1N. The first kappa shape index (κ1) is 10.9. The van der Waals surface area contributed by atoms with Crippen molar-refractivity contribution in [1.82, 2.24) is 14.9 Å². The molecule has 0 aliphatic carbocycles. The van der Waals surface area contributed by atoms with Crippen molar-refractivity contribution in [2.24, 2.45) is 0 Å². The van der Waals surface area contributed by atoms with Gasteiger partial charge in [0.1, 0.15) is 12.1 Å². The predicted octanol–water partition coefficient (Wildman–Crippen LogP) is 1.46. The van der Waals surface area contributed by atoms with E-state index in [-0.39, 0.29) is 6.04 Å². The van der Waals surface area contributed by atoms with Crippen molar-refractivity contribution in [3.63, 3.8) is 0 Å². The monoisotopic (exact) mass is 194 g/mol. The maximum absolute atomic E-state index is 5.78. The quantitative estimate of drug-likeness (QED) is 0.791. The van der Waals surface area contributed by atoms with E-state index in [9.17, 15) is 0 Å². The molecule has 1 aromatic heterocycles. The molecule has 1 heterocycles.